The van der Waals surface area contributed by atoms with Gasteiger partial charge >= 0.3 is 0 Å². The van der Waals surface area contributed by atoms with Gasteiger partial charge in [0.1, 0.15) is 48.8 Å². The standard InChI is InChI=1S/C42H79NO13/c1-3-5-7-9-11-12-13-14-15-16-17-18-20-21-23-25-31(46)30(43-34(47)26-24-22-19-10-8-6-4-2)29-53-41-39(52)37(50)40(33(28-45)55-41)56-42-38(51)36(49)35(48)32(27-44)54-42/h23,25,30-33,35-42,44-46,48-52H,3-22,24,26-29H2,1-2H3,(H,43,47)/b25-23+/t30-,31+,32+,33+,35-,36?,37?,38?,39?,40+,41+,42-/m0/s1. The second-order valence-electron chi connectivity index (χ2n) is 15.8. The Morgan fingerprint density at radius 3 is 1.64 bits per heavy atom. The number of unbranched alkanes of at least 4 members (excludes halogenated alkanes) is 19. The number of rotatable bonds is 32. The van der Waals surface area contributed by atoms with Crippen molar-refractivity contribution in [2.24, 2.45) is 0 Å². The Morgan fingerprint density at radius 1 is 0.625 bits per heavy atom. The molecule has 9 N–H and O–H groups in total. The first-order valence-electron chi connectivity index (χ1n) is 21.9. The molecular weight excluding hydrogens is 726 g/mol. The first-order chi connectivity index (χ1) is 27.1. The maximum absolute atomic E-state index is 13.0. The van der Waals surface area contributed by atoms with Crippen LogP contribution in [0.1, 0.15) is 155 Å². The summed E-state index contributed by atoms with van der Waals surface area (Å²) in [5, 5.41) is 86.2. The summed E-state index contributed by atoms with van der Waals surface area (Å²) in [6.45, 7) is 2.70. The average Bonchev–Trinajstić information content (AvgIpc) is 3.19. The Morgan fingerprint density at radius 2 is 1.11 bits per heavy atom. The number of hydrogen-bond donors (Lipinski definition) is 9. The lowest BCUT2D eigenvalue weighted by Gasteiger charge is -2.46. The largest absolute Gasteiger partial charge is 0.394 e. The van der Waals surface area contributed by atoms with E-state index < -0.39 is 86.8 Å². The zero-order valence-corrected chi connectivity index (χ0v) is 34.4. The van der Waals surface area contributed by atoms with Crippen LogP contribution in [0.25, 0.3) is 0 Å². The smallest absolute Gasteiger partial charge is 0.220 e. The second-order valence-corrected chi connectivity index (χ2v) is 15.8. The Bertz CT molecular complexity index is 1000. The summed E-state index contributed by atoms with van der Waals surface area (Å²) >= 11 is 0. The van der Waals surface area contributed by atoms with Crippen molar-refractivity contribution in [1.29, 1.82) is 0 Å². The molecule has 330 valence electrons. The highest BCUT2D eigenvalue weighted by molar-refractivity contribution is 5.76. The van der Waals surface area contributed by atoms with Gasteiger partial charge in [0.15, 0.2) is 12.6 Å². The van der Waals surface area contributed by atoms with Crippen molar-refractivity contribution < 1.29 is 64.6 Å². The fraction of sp³-hybridized carbons (Fsp3) is 0.929. The topological polar surface area (TPSA) is 228 Å². The van der Waals surface area contributed by atoms with Crippen LogP contribution in [0.4, 0.5) is 0 Å². The molecule has 2 aliphatic rings. The Labute approximate surface area is 336 Å². The molecule has 14 nitrogen and oxygen atoms in total. The maximum atomic E-state index is 13.0. The summed E-state index contributed by atoms with van der Waals surface area (Å²) in [5.74, 6) is -0.248. The average molecular weight is 806 g/mol. The number of allylic oxidation sites excluding steroid dienone is 1. The molecule has 12 atom stereocenters. The summed E-state index contributed by atoms with van der Waals surface area (Å²) in [6, 6.07) is -0.904. The first-order valence-corrected chi connectivity index (χ1v) is 21.9. The molecule has 2 fully saturated rings. The molecule has 0 spiro atoms. The lowest BCUT2D eigenvalue weighted by molar-refractivity contribution is -0.359. The monoisotopic (exact) mass is 806 g/mol. The van der Waals surface area contributed by atoms with E-state index in [1.165, 1.54) is 89.9 Å². The normalized spacial score (nSPS) is 29.5. The number of ether oxygens (including phenoxy) is 4. The Balaban J connectivity index is 1.90. The van der Waals surface area contributed by atoms with Gasteiger partial charge in [0.05, 0.1) is 32.0 Å². The van der Waals surface area contributed by atoms with Crippen molar-refractivity contribution in [2.45, 2.75) is 229 Å². The van der Waals surface area contributed by atoms with Crippen LogP contribution in [-0.4, -0.2) is 140 Å². The molecule has 4 unspecified atom stereocenters. The van der Waals surface area contributed by atoms with E-state index in [0.29, 0.717) is 6.42 Å². The number of nitrogens with one attached hydrogen (secondary N) is 1. The van der Waals surface area contributed by atoms with Gasteiger partial charge in [-0.25, -0.2) is 0 Å². The number of hydrogen-bond acceptors (Lipinski definition) is 13. The Kier molecular flexibility index (Phi) is 27.9. The minimum Gasteiger partial charge on any atom is -0.394 e. The number of carbonyl (C=O) groups excluding carboxylic acids is 1. The van der Waals surface area contributed by atoms with E-state index in [1.807, 2.05) is 6.08 Å². The first kappa shape index (κ1) is 50.9. The molecule has 2 rings (SSSR count). The molecule has 0 aromatic heterocycles. The van der Waals surface area contributed by atoms with Crippen molar-refractivity contribution in [2.75, 3.05) is 19.8 Å². The fourth-order valence-corrected chi connectivity index (χ4v) is 7.29. The lowest BCUT2D eigenvalue weighted by Crippen LogP contribution is -2.65. The minimum atomic E-state index is -1.78. The lowest BCUT2D eigenvalue weighted by atomic mass is 9.97. The van der Waals surface area contributed by atoms with E-state index in [4.69, 9.17) is 18.9 Å². The molecule has 2 saturated heterocycles. The van der Waals surface area contributed by atoms with Crippen molar-refractivity contribution in [3.63, 3.8) is 0 Å². The fourth-order valence-electron chi connectivity index (χ4n) is 7.29. The molecule has 0 radical (unpaired) electrons. The van der Waals surface area contributed by atoms with Crippen LogP contribution in [-0.2, 0) is 23.7 Å². The number of aliphatic hydroxyl groups excluding tert-OH is 8. The van der Waals surface area contributed by atoms with Gasteiger partial charge < -0.3 is 65.1 Å². The Hall–Kier alpha value is -1.27. The van der Waals surface area contributed by atoms with Crippen LogP contribution in [0.2, 0.25) is 0 Å². The van der Waals surface area contributed by atoms with Gasteiger partial charge in [-0.05, 0) is 19.3 Å². The summed E-state index contributed by atoms with van der Waals surface area (Å²) < 4.78 is 22.5. The highest BCUT2D eigenvalue weighted by Gasteiger charge is 2.50. The van der Waals surface area contributed by atoms with Crippen LogP contribution in [0.15, 0.2) is 12.2 Å². The predicted molar refractivity (Wildman–Crippen MR) is 212 cm³/mol. The number of carbonyl (C=O) groups is 1. The zero-order chi connectivity index (χ0) is 41.1. The third kappa shape index (κ3) is 19.2. The molecule has 0 aliphatic carbocycles. The summed E-state index contributed by atoms with van der Waals surface area (Å²) in [7, 11) is 0. The molecule has 1 amide bonds. The van der Waals surface area contributed by atoms with E-state index >= 15 is 0 Å². The van der Waals surface area contributed by atoms with Gasteiger partial charge in [-0.15, -0.1) is 0 Å². The number of aliphatic hydroxyl groups is 8. The highest BCUT2D eigenvalue weighted by Crippen LogP contribution is 2.30. The molecule has 2 aliphatic heterocycles. The van der Waals surface area contributed by atoms with Gasteiger partial charge in [-0.2, -0.15) is 0 Å². The van der Waals surface area contributed by atoms with Crippen molar-refractivity contribution in [1.82, 2.24) is 5.32 Å². The van der Waals surface area contributed by atoms with Crippen molar-refractivity contribution in [3.8, 4) is 0 Å². The molecule has 0 saturated carbocycles. The van der Waals surface area contributed by atoms with Gasteiger partial charge in [0.25, 0.3) is 0 Å². The van der Waals surface area contributed by atoms with E-state index in [-0.39, 0.29) is 18.9 Å². The molecule has 0 aromatic rings. The third-order valence-corrected chi connectivity index (χ3v) is 11.0. The van der Waals surface area contributed by atoms with Gasteiger partial charge in [0, 0.05) is 6.42 Å². The molecule has 0 aromatic carbocycles. The van der Waals surface area contributed by atoms with E-state index in [2.05, 4.69) is 19.2 Å². The van der Waals surface area contributed by atoms with E-state index in [1.54, 1.807) is 6.08 Å². The summed E-state index contributed by atoms with van der Waals surface area (Å²) in [6.07, 6.45) is 11.4. The summed E-state index contributed by atoms with van der Waals surface area (Å²) in [4.78, 5) is 13.0. The highest BCUT2D eigenvalue weighted by atomic mass is 16.7. The second kappa shape index (κ2) is 30.7. The van der Waals surface area contributed by atoms with Crippen LogP contribution < -0.4 is 5.32 Å². The summed E-state index contributed by atoms with van der Waals surface area (Å²) in [5.41, 5.74) is 0. The van der Waals surface area contributed by atoms with Crippen LogP contribution >= 0.6 is 0 Å². The van der Waals surface area contributed by atoms with Gasteiger partial charge in [-0.3, -0.25) is 4.79 Å². The van der Waals surface area contributed by atoms with Crippen molar-refractivity contribution >= 4 is 5.91 Å². The molecule has 14 heteroatoms. The van der Waals surface area contributed by atoms with Gasteiger partial charge in [-0.1, -0.05) is 142 Å². The molecule has 0 bridgehead atoms. The third-order valence-electron chi connectivity index (χ3n) is 11.0. The minimum absolute atomic E-state index is 0.248. The van der Waals surface area contributed by atoms with Crippen molar-refractivity contribution in [3.05, 3.63) is 12.2 Å². The van der Waals surface area contributed by atoms with Crippen LogP contribution in [0.5, 0.6) is 0 Å². The SMILES string of the molecule is CCCCCCCCCCCCCCC/C=C/[C@@H](O)[C@H](CO[C@@H]1O[C@H](CO)[C@@H](O[C@@H]2O[C@H](CO)[C@H](O)C(O)C2O)C(O)C1O)NC(=O)CCCCCCCCC. The maximum Gasteiger partial charge on any atom is 0.220 e. The van der Waals surface area contributed by atoms with Gasteiger partial charge in [0.2, 0.25) is 5.91 Å². The quantitative estimate of drug-likeness (QED) is 0.0350. The number of amides is 1. The van der Waals surface area contributed by atoms with Crippen LogP contribution in [0, 0.1) is 0 Å². The molecule has 56 heavy (non-hydrogen) atoms. The predicted octanol–water partition coefficient (Wildman–Crippen LogP) is 3.65. The molecule has 2 heterocycles. The van der Waals surface area contributed by atoms with E-state index in [0.717, 1.165) is 38.5 Å². The van der Waals surface area contributed by atoms with Crippen LogP contribution in [0.3, 0.4) is 0 Å². The zero-order valence-electron chi connectivity index (χ0n) is 34.4. The molecular formula is C42H79NO13. The van der Waals surface area contributed by atoms with E-state index in [9.17, 15) is 45.6 Å².